The van der Waals surface area contributed by atoms with Crippen LogP contribution in [-0.2, 0) is 17.9 Å². The number of aromatic nitrogens is 5. The number of pyridine rings is 1. The molecule has 0 aliphatic rings. The molecule has 0 bridgehead atoms. The minimum atomic E-state index is -0.605. The summed E-state index contributed by atoms with van der Waals surface area (Å²) in [5.41, 5.74) is -1.27. The van der Waals surface area contributed by atoms with Crippen LogP contribution in [0.2, 0.25) is 0 Å². The van der Waals surface area contributed by atoms with Gasteiger partial charge in [0.15, 0.2) is 0 Å². The van der Waals surface area contributed by atoms with Crippen LogP contribution in [0.25, 0.3) is 11.0 Å². The van der Waals surface area contributed by atoms with E-state index in [2.05, 4.69) is 20.4 Å². The minimum absolute atomic E-state index is 0.0120. The number of aromatic amines is 1. The van der Waals surface area contributed by atoms with Crippen molar-refractivity contribution in [1.29, 1.82) is 0 Å². The molecule has 0 spiro atoms. The van der Waals surface area contributed by atoms with Crippen molar-refractivity contribution >= 4 is 16.9 Å². The summed E-state index contributed by atoms with van der Waals surface area (Å²) in [5, 5.41) is 6.60. The van der Waals surface area contributed by atoms with E-state index >= 15 is 0 Å². The van der Waals surface area contributed by atoms with E-state index in [0.29, 0.717) is 0 Å². The Balaban J connectivity index is 1.68. The third kappa shape index (κ3) is 3.52. The number of rotatable bonds is 5. The van der Waals surface area contributed by atoms with E-state index in [4.69, 9.17) is 0 Å². The first-order valence-corrected chi connectivity index (χ1v) is 7.43. The number of carbonyl (C=O) groups excluding carboxylic acids is 1. The van der Waals surface area contributed by atoms with Crippen molar-refractivity contribution in [2.45, 2.75) is 13.1 Å². The SMILES string of the molecule is O=C(Cn1ncccc1=O)NCCn1c(=O)[nH]c2ncccc2c1=O. The third-order valence-corrected chi connectivity index (χ3v) is 3.49. The average molecular weight is 342 g/mol. The van der Waals surface area contributed by atoms with Crippen molar-refractivity contribution < 1.29 is 4.79 Å². The van der Waals surface area contributed by atoms with Gasteiger partial charge < -0.3 is 5.32 Å². The number of nitrogens with one attached hydrogen (secondary N) is 2. The number of fused-ring (bicyclic) bond motifs is 1. The van der Waals surface area contributed by atoms with Crippen LogP contribution in [0, 0.1) is 0 Å². The summed E-state index contributed by atoms with van der Waals surface area (Å²) in [6.45, 7) is -0.205. The summed E-state index contributed by atoms with van der Waals surface area (Å²) in [7, 11) is 0. The highest BCUT2D eigenvalue weighted by Gasteiger charge is 2.09. The van der Waals surface area contributed by atoms with E-state index < -0.39 is 22.7 Å². The van der Waals surface area contributed by atoms with Gasteiger partial charge in [-0.05, 0) is 18.2 Å². The molecular formula is C15H14N6O4. The summed E-state index contributed by atoms with van der Waals surface area (Å²) < 4.78 is 1.99. The largest absolute Gasteiger partial charge is 0.353 e. The molecule has 0 unspecified atom stereocenters. The van der Waals surface area contributed by atoms with Gasteiger partial charge in [0.05, 0.1) is 5.39 Å². The Kier molecular flexibility index (Phi) is 4.50. The lowest BCUT2D eigenvalue weighted by Gasteiger charge is -2.08. The van der Waals surface area contributed by atoms with Crippen LogP contribution >= 0.6 is 0 Å². The Hall–Kier alpha value is -3.56. The number of amides is 1. The van der Waals surface area contributed by atoms with E-state index in [1.807, 2.05) is 0 Å². The molecule has 10 nitrogen and oxygen atoms in total. The van der Waals surface area contributed by atoms with Gasteiger partial charge in [0.2, 0.25) is 5.91 Å². The fourth-order valence-electron chi connectivity index (χ4n) is 2.29. The summed E-state index contributed by atoms with van der Waals surface area (Å²) >= 11 is 0. The van der Waals surface area contributed by atoms with E-state index in [1.54, 1.807) is 12.1 Å². The van der Waals surface area contributed by atoms with Crippen molar-refractivity contribution in [1.82, 2.24) is 29.6 Å². The standard InChI is InChI=1S/C15H14N6O4/c22-11(9-21-12(23)4-2-6-18-21)16-7-8-20-14(24)10-3-1-5-17-13(10)19-15(20)25/h1-6H,7-9H2,(H,16,22)(H,17,19,25). The number of hydrogen-bond acceptors (Lipinski definition) is 6. The molecule has 3 aromatic rings. The molecule has 3 heterocycles. The van der Waals surface area contributed by atoms with Gasteiger partial charge >= 0.3 is 5.69 Å². The zero-order valence-corrected chi connectivity index (χ0v) is 13.0. The molecule has 128 valence electrons. The molecule has 0 saturated heterocycles. The molecular weight excluding hydrogens is 328 g/mol. The molecule has 0 atom stereocenters. The van der Waals surface area contributed by atoms with Crippen molar-refractivity contribution in [2.75, 3.05) is 6.54 Å². The van der Waals surface area contributed by atoms with Crippen LogP contribution in [0.5, 0.6) is 0 Å². The first-order valence-electron chi connectivity index (χ1n) is 7.43. The monoisotopic (exact) mass is 342 g/mol. The van der Waals surface area contributed by atoms with Crippen LogP contribution < -0.4 is 22.1 Å². The van der Waals surface area contributed by atoms with Crippen LogP contribution in [0.1, 0.15) is 0 Å². The van der Waals surface area contributed by atoms with Gasteiger partial charge in [-0.1, -0.05) is 0 Å². The minimum Gasteiger partial charge on any atom is -0.353 e. The lowest BCUT2D eigenvalue weighted by molar-refractivity contribution is -0.121. The average Bonchev–Trinajstić information content (AvgIpc) is 2.60. The maximum Gasteiger partial charge on any atom is 0.330 e. The van der Waals surface area contributed by atoms with Crippen molar-refractivity contribution in [3.8, 4) is 0 Å². The first-order chi connectivity index (χ1) is 12.1. The molecule has 3 aromatic heterocycles. The smallest absolute Gasteiger partial charge is 0.330 e. The highest BCUT2D eigenvalue weighted by molar-refractivity contribution is 5.75. The fourth-order valence-corrected chi connectivity index (χ4v) is 2.29. The lowest BCUT2D eigenvalue weighted by atomic mass is 10.3. The quantitative estimate of drug-likeness (QED) is 0.577. The zero-order chi connectivity index (χ0) is 17.8. The highest BCUT2D eigenvalue weighted by atomic mass is 16.2. The second-order valence-electron chi connectivity index (χ2n) is 5.16. The topological polar surface area (TPSA) is 132 Å². The second kappa shape index (κ2) is 6.91. The predicted molar refractivity (Wildman–Crippen MR) is 88.1 cm³/mol. The first kappa shape index (κ1) is 16.3. The van der Waals surface area contributed by atoms with Crippen LogP contribution in [0.4, 0.5) is 0 Å². The molecule has 1 amide bonds. The number of carbonyl (C=O) groups is 1. The fraction of sp³-hybridized carbons (Fsp3) is 0.200. The number of nitrogens with zero attached hydrogens (tertiary/aromatic N) is 4. The molecule has 0 fully saturated rings. The highest BCUT2D eigenvalue weighted by Crippen LogP contribution is 1.98. The normalized spacial score (nSPS) is 10.7. The Morgan fingerprint density at radius 2 is 1.96 bits per heavy atom. The molecule has 2 N–H and O–H groups in total. The summed E-state index contributed by atoms with van der Waals surface area (Å²) in [5.74, 6) is -0.451. The molecule has 0 saturated carbocycles. The Morgan fingerprint density at radius 1 is 1.16 bits per heavy atom. The van der Waals surface area contributed by atoms with Crippen LogP contribution in [0.3, 0.4) is 0 Å². The summed E-state index contributed by atoms with van der Waals surface area (Å²) in [6.07, 6.45) is 2.87. The molecule has 10 heteroatoms. The van der Waals surface area contributed by atoms with Gasteiger partial charge in [0.25, 0.3) is 11.1 Å². The Bertz CT molecular complexity index is 1100. The number of hydrogen-bond donors (Lipinski definition) is 2. The van der Waals surface area contributed by atoms with Crippen LogP contribution in [-0.4, -0.2) is 36.8 Å². The van der Waals surface area contributed by atoms with E-state index in [0.717, 1.165) is 9.25 Å². The van der Waals surface area contributed by atoms with Gasteiger partial charge in [-0.15, -0.1) is 0 Å². The van der Waals surface area contributed by atoms with Crippen molar-refractivity contribution in [3.63, 3.8) is 0 Å². The van der Waals surface area contributed by atoms with E-state index in [1.165, 1.54) is 24.5 Å². The van der Waals surface area contributed by atoms with E-state index in [9.17, 15) is 19.2 Å². The maximum atomic E-state index is 12.3. The summed E-state index contributed by atoms with van der Waals surface area (Å²) in [6, 6.07) is 5.93. The summed E-state index contributed by atoms with van der Waals surface area (Å²) in [4.78, 5) is 54.0. The van der Waals surface area contributed by atoms with Gasteiger partial charge in [-0.3, -0.25) is 23.9 Å². The molecule has 0 aliphatic carbocycles. The molecule has 25 heavy (non-hydrogen) atoms. The van der Waals surface area contributed by atoms with Crippen molar-refractivity contribution in [3.05, 3.63) is 67.9 Å². The molecule has 0 aromatic carbocycles. The predicted octanol–water partition coefficient (Wildman–Crippen LogP) is -1.54. The van der Waals surface area contributed by atoms with E-state index in [-0.39, 0.29) is 30.7 Å². The van der Waals surface area contributed by atoms with Crippen molar-refractivity contribution in [2.24, 2.45) is 0 Å². The second-order valence-corrected chi connectivity index (χ2v) is 5.16. The van der Waals surface area contributed by atoms with Gasteiger partial charge in [-0.2, -0.15) is 5.10 Å². The Labute approximate surface area is 139 Å². The van der Waals surface area contributed by atoms with Gasteiger partial charge in [0.1, 0.15) is 12.2 Å². The third-order valence-electron chi connectivity index (χ3n) is 3.49. The maximum absolute atomic E-state index is 12.3. The molecule has 3 rings (SSSR count). The lowest BCUT2D eigenvalue weighted by Crippen LogP contribution is -2.40. The number of H-pyrrole nitrogens is 1. The molecule has 0 aliphatic heterocycles. The van der Waals surface area contributed by atoms with Gasteiger partial charge in [0, 0.05) is 31.5 Å². The van der Waals surface area contributed by atoms with Gasteiger partial charge in [-0.25, -0.2) is 14.5 Å². The molecule has 0 radical (unpaired) electrons. The van der Waals surface area contributed by atoms with Crippen LogP contribution in [0.15, 0.2) is 51.0 Å². The Morgan fingerprint density at radius 3 is 2.76 bits per heavy atom. The zero-order valence-electron chi connectivity index (χ0n) is 13.0.